The van der Waals surface area contributed by atoms with Gasteiger partial charge in [0.1, 0.15) is 0 Å². The Morgan fingerprint density at radius 3 is 2.79 bits per heavy atom. The SMILES string of the molecule is COCC(C)(CC(=O)O)NC(=O)CCn1nc2ccccn2c1=O. The molecule has 0 aliphatic heterocycles. The number of nitrogens with zero attached hydrogens (tertiary/aromatic N) is 3. The van der Waals surface area contributed by atoms with Crippen LogP contribution in [-0.2, 0) is 20.9 Å². The van der Waals surface area contributed by atoms with Crippen LogP contribution in [0.1, 0.15) is 19.8 Å². The van der Waals surface area contributed by atoms with Crippen molar-refractivity contribution in [3.63, 3.8) is 0 Å². The van der Waals surface area contributed by atoms with Crippen molar-refractivity contribution in [2.75, 3.05) is 13.7 Å². The normalized spacial score (nSPS) is 13.6. The topological polar surface area (TPSA) is 115 Å². The van der Waals surface area contributed by atoms with E-state index in [-0.39, 0.29) is 37.6 Å². The van der Waals surface area contributed by atoms with Gasteiger partial charge in [0.2, 0.25) is 5.91 Å². The van der Waals surface area contributed by atoms with Crippen LogP contribution >= 0.6 is 0 Å². The minimum absolute atomic E-state index is 0.00269. The third-order valence-corrected chi connectivity index (χ3v) is 3.48. The number of carboxylic acid groups (broad SMARTS) is 1. The first kappa shape index (κ1) is 17.7. The fraction of sp³-hybridized carbons (Fsp3) is 0.467. The van der Waals surface area contributed by atoms with E-state index in [1.165, 1.54) is 16.2 Å². The zero-order valence-electron chi connectivity index (χ0n) is 13.6. The Kier molecular flexibility index (Phi) is 5.35. The monoisotopic (exact) mass is 336 g/mol. The van der Waals surface area contributed by atoms with Gasteiger partial charge >= 0.3 is 11.7 Å². The van der Waals surface area contributed by atoms with Crippen molar-refractivity contribution in [3.8, 4) is 0 Å². The van der Waals surface area contributed by atoms with Crippen LogP contribution in [0.2, 0.25) is 0 Å². The highest BCUT2D eigenvalue weighted by Gasteiger charge is 2.29. The van der Waals surface area contributed by atoms with Crippen LogP contribution in [0.25, 0.3) is 5.65 Å². The largest absolute Gasteiger partial charge is 0.481 e. The summed E-state index contributed by atoms with van der Waals surface area (Å²) in [5, 5.41) is 15.7. The van der Waals surface area contributed by atoms with Gasteiger partial charge in [0.25, 0.3) is 0 Å². The van der Waals surface area contributed by atoms with Crippen molar-refractivity contribution >= 4 is 17.5 Å². The van der Waals surface area contributed by atoms with Crippen molar-refractivity contribution < 1.29 is 19.4 Å². The number of methoxy groups -OCH3 is 1. The van der Waals surface area contributed by atoms with E-state index in [0.717, 1.165) is 0 Å². The van der Waals surface area contributed by atoms with Gasteiger partial charge in [-0.05, 0) is 19.1 Å². The number of hydrogen-bond acceptors (Lipinski definition) is 5. The van der Waals surface area contributed by atoms with Crippen LogP contribution in [0, 0.1) is 0 Å². The molecule has 0 aliphatic carbocycles. The number of nitrogens with one attached hydrogen (secondary N) is 1. The Bertz CT molecular complexity index is 797. The number of carbonyl (C=O) groups is 2. The third-order valence-electron chi connectivity index (χ3n) is 3.48. The second-order valence-corrected chi connectivity index (χ2v) is 5.80. The van der Waals surface area contributed by atoms with Crippen LogP contribution in [0.3, 0.4) is 0 Å². The van der Waals surface area contributed by atoms with E-state index in [0.29, 0.717) is 5.65 Å². The van der Waals surface area contributed by atoms with E-state index in [4.69, 9.17) is 9.84 Å². The first-order valence-electron chi connectivity index (χ1n) is 7.40. The highest BCUT2D eigenvalue weighted by molar-refractivity contribution is 5.78. The number of ether oxygens (including phenoxy) is 1. The molecule has 0 saturated heterocycles. The molecule has 0 spiro atoms. The van der Waals surface area contributed by atoms with E-state index >= 15 is 0 Å². The Morgan fingerprint density at radius 2 is 2.17 bits per heavy atom. The summed E-state index contributed by atoms with van der Waals surface area (Å²) in [7, 11) is 1.43. The Morgan fingerprint density at radius 1 is 1.42 bits per heavy atom. The number of pyridine rings is 1. The smallest absolute Gasteiger partial charge is 0.350 e. The second-order valence-electron chi connectivity index (χ2n) is 5.80. The summed E-state index contributed by atoms with van der Waals surface area (Å²) in [6.07, 6.45) is 1.34. The summed E-state index contributed by atoms with van der Waals surface area (Å²) >= 11 is 0. The maximum atomic E-state index is 12.1. The fourth-order valence-corrected chi connectivity index (χ4v) is 2.50. The summed E-state index contributed by atoms with van der Waals surface area (Å²) < 4.78 is 7.58. The molecule has 0 aromatic carbocycles. The molecule has 0 bridgehead atoms. The lowest BCUT2D eigenvalue weighted by atomic mass is 9.98. The van der Waals surface area contributed by atoms with Gasteiger partial charge in [0.15, 0.2) is 5.65 Å². The fourth-order valence-electron chi connectivity index (χ4n) is 2.50. The summed E-state index contributed by atoms with van der Waals surface area (Å²) in [4.78, 5) is 35.1. The number of rotatable bonds is 8. The van der Waals surface area contributed by atoms with Gasteiger partial charge in [0, 0.05) is 19.7 Å². The average Bonchev–Trinajstić information content (AvgIpc) is 2.81. The van der Waals surface area contributed by atoms with Crippen molar-refractivity contribution in [1.82, 2.24) is 19.5 Å². The lowest BCUT2D eigenvalue weighted by molar-refractivity contribution is -0.139. The Balaban J connectivity index is 2.02. The molecule has 2 rings (SSSR count). The van der Waals surface area contributed by atoms with E-state index in [1.807, 2.05) is 0 Å². The van der Waals surface area contributed by atoms with Gasteiger partial charge in [-0.25, -0.2) is 9.48 Å². The zero-order chi connectivity index (χ0) is 17.7. The summed E-state index contributed by atoms with van der Waals surface area (Å²) in [6, 6.07) is 5.18. The molecule has 24 heavy (non-hydrogen) atoms. The standard InChI is InChI=1S/C15H20N4O5/c1-15(10-24-2,9-13(21)22)16-12(20)6-8-19-14(23)18-7-4-3-5-11(18)17-19/h3-5,7H,6,8-10H2,1-2H3,(H,16,20)(H,21,22). The average molecular weight is 336 g/mol. The molecule has 1 atom stereocenters. The minimum Gasteiger partial charge on any atom is -0.481 e. The first-order chi connectivity index (χ1) is 11.3. The predicted octanol–water partition coefficient (Wildman–Crippen LogP) is -0.118. The van der Waals surface area contributed by atoms with E-state index in [2.05, 4.69) is 10.4 Å². The van der Waals surface area contributed by atoms with Gasteiger partial charge < -0.3 is 15.2 Å². The van der Waals surface area contributed by atoms with Crippen LogP contribution < -0.4 is 11.0 Å². The summed E-state index contributed by atoms with van der Waals surface area (Å²) in [5.41, 5.74) is -0.844. The van der Waals surface area contributed by atoms with Gasteiger partial charge in [-0.3, -0.25) is 14.0 Å². The third kappa shape index (κ3) is 4.19. The highest BCUT2D eigenvalue weighted by Crippen LogP contribution is 2.11. The Hall–Kier alpha value is -2.68. The number of aryl methyl sites for hydroxylation is 1. The Labute approximate surface area is 137 Å². The van der Waals surface area contributed by atoms with Crippen LogP contribution in [-0.4, -0.2) is 50.4 Å². The molecule has 9 nitrogen and oxygen atoms in total. The molecular formula is C15H20N4O5. The molecule has 2 N–H and O–H groups in total. The van der Waals surface area contributed by atoms with Crippen molar-refractivity contribution in [2.24, 2.45) is 0 Å². The summed E-state index contributed by atoms with van der Waals surface area (Å²) in [5.74, 6) is -1.41. The van der Waals surface area contributed by atoms with Crippen molar-refractivity contribution in [3.05, 3.63) is 34.9 Å². The van der Waals surface area contributed by atoms with E-state index in [1.54, 1.807) is 31.3 Å². The highest BCUT2D eigenvalue weighted by atomic mass is 16.5. The number of carbonyl (C=O) groups excluding carboxylic acids is 1. The summed E-state index contributed by atoms with van der Waals surface area (Å²) in [6.45, 7) is 1.77. The molecule has 0 aliphatic rings. The van der Waals surface area contributed by atoms with E-state index in [9.17, 15) is 14.4 Å². The van der Waals surface area contributed by atoms with Crippen LogP contribution in [0.5, 0.6) is 0 Å². The molecule has 130 valence electrons. The molecule has 2 heterocycles. The van der Waals surface area contributed by atoms with Crippen molar-refractivity contribution in [2.45, 2.75) is 31.8 Å². The number of aliphatic carboxylic acids is 1. The zero-order valence-corrected chi connectivity index (χ0v) is 13.6. The van der Waals surface area contributed by atoms with Gasteiger partial charge in [-0.2, -0.15) is 0 Å². The number of fused-ring (bicyclic) bond motifs is 1. The lowest BCUT2D eigenvalue weighted by Crippen LogP contribution is -2.51. The first-order valence-corrected chi connectivity index (χ1v) is 7.40. The van der Waals surface area contributed by atoms with Crippen molar-refractivity contribution in [1.29, 1.82) is 0 Å². The van der Waals surface area contributed by atoms with Gasteiger partial charge in [-0.15, -0.1) is 5.10 Å². The molecule has 1 unspecified atom stereocenters. The number of amides is 1. The molecular weight excluding hydrogens is 316 g/mol. The molecule has 0 saturated carbocycles. The molecule has 9 heteroatoms. The van der Waals surface area contributed by atoms with E-state index < -0.39 is 11.5 Å². The maximum absolute atomic E-state index is 12.1. The number of carboxylic acids is 1. The molecule has 2 aromatic rings. The second kappa shape index (κ2) is 7.26. The number of hydrogen-bond donors (Lipinski definition) is 2. The van der Waals surface area contributed by atoms with Crippen LogP contribution in [0.15, 0.2) is 29.2 Å². The maximum Gasteiger partial charge on any atom is 0.350 e. The van der Waals surface area contributed by atoms with Crippen LogP contribution in [0.4, 0.5) is 0 Å². The van der Waals surface area contributed by atoms with Gasteiger partial charge in [-0.1, -0.05) is 6.07 Å². The molecule has 1 amide bonds. The lowest BCUT2D eigenvalue weighted by Gasteiger charge is -2.28. The molecule has 2 aromatic heterocycles. The molecule has 0 fully saturated rings. The predicted molar refractivity (Wildman–Crippen MR) is 84.7 cm³/mol. The van der Waals surface area contributed by atoms with Gasteiger partial charge in [0.05, 0.1) is 25.1 Å². The number of aromatic nitrogens is 3. The quantitative estimate of drug-likeness (QED) is 0.694. The molecule has 0 radical (unpaired) electrons. The minimum atomic E-state index is -1.04.